The maximum Gasteiger partial charge on any atom is 0.414 e. The number of hydrogen-bond donors (Lipinski definition) is 2. The van der Waals surface area contributed by atoms with Gasteiger partial charge in [0.2, 0.25) is 5.82 Å². The van der Waals surface area contributed by atoms with Gasteiger partial charge in [0.15, 0.2) is 29.6 Å². The second-order valence-electron chi connectivity index (χ2n) is 11.0. The van der Waals surface area contributed by atoms with E-state index in [2.05, 4.69) is 22.3 Å². The van der Waals surface area contributed by atoms with E-state index >= 15 is 0 Å². The van der Waals surface area contributed by atoms with Crippen LogP contribution < -0.4 is 10.1 Å². The van der Waals surface area contributed by atoms with Crippen molar-refractivity contribution in [1.29, 1.82) is 5.26 Å². The van der Waals surface area contributed by atoms with Gasteiger partial charge in [0.1, 0.15) is 12.6 Å². The smallest absolute Gasteiger partial charge is 0.414 e. The van der Waals surface area contributed by atoms with E-state index in [4.69, 9.17) is 26.3 Å². The molecule has 1 saturated heterocycles. The minimum atomic E-state index is -1.42. The number of quaternary nitrogens is 1. The van der Waals surface area contributed by atoms with Gasteiger partial charge >= 0.3 is 6.09 Å². The average Bonchev–Trinajstić information content (AvgIpc) is 3.66. The average molecular weight is 655 g/mol. The molecule has 4 aromatic rings. The number of nitriles is 1. The Balaban J connectivity index is 1.28. The Hall–Kier alpha value is -4.84. The first-order valence-corrected chi connectivity index (χ1v) is 14.8. The zero-order valence-corrected chi connectivity index (χ0v) is 25.6. The predicted molar refractivity (Wildman–Crippen MR) is 164 cm³/mol. The number of carbonyl (C=O) groups excluding carboxylic acids is 1. The first-order valence-electron chi connectivity index (χ1n) is 14.4. The van der Waals surface area contributed by atoms with Gasteiger partial charge in [-0.2, -0.15) is 9.65 Å². The fraction of sp³-hybridized carbons (Fsp3) is 0.323. The van der Waals surface area contributed by atoms with Crippen molar-refractivity contribution >= 4 is 40.8 Å². The number of nitrogens with one attached hydrogen (secondary N) is 1. The van der Waals surface area contributed by atoms with E-state index in [1.165, 1.54) is 66.2 Å². The molecule has 15 heteroatoms. The molecule has 240 valence electrons. The van der Waals surface area contributed by atoms with E-state index in [-0.39, 0.29) is 52.2 Å². The molecule has 3 heterocycles. The SMILES string of the molecule is C[N+]1(CCOCCN(C(=O)O)C(=O)c2ccc(Nc3nccn4c(-c5ccc(OCC#N)c(F)c5F)cnc34)cc2Cl)CCCC1. The standard InChI is InChI=1S/C31H30ClF2N7O5/c1-41(12-2-3-13-41)14-17-45-16-11-40(31(43)44)30(42)21-5-4-20(18-23(21)32)38-28-29-37-19-24(39(29)10-9-36-28)22-6-7-25(46-15-8-35)27(34)26(22)33/h4-7,9-10,18-19H,2-3,11-17H2,1H3,(H-,36,38,42,43,44)/p+1. The van der Waals surface area contributed by atoms with Crippen LogP contribution in [0.4, 0.5) is 25.1 Å². The van der Waals surface area contributed by atoms with Crippen LogP contribution in [0.15, 0.2) is 48.9 Å². The molecule has 0 atom stereocenters. The largest absolute Gasteiger partial charge is 0.476 e. The molecule has 0 bridgehead atoms. The maximum absolute atomic E-state index is 15.0. The molecule has 0 radical (unpaired) electrons. The highest BCUT2D eigenvalue weighted by atomic mass is 35.5. The Morgan fingerprint density at radius 2 is 1.96 bits per heavy atom. The number of anilines is 2. The molecule has 12 nitrogen and oxygen atoms in total. The van der Waals surface area contributed by atoms with Crippen molar-refractivity contribution in [2.45, 2.75) is 12.8 Å². The molecule has 1 aliphatic heterocycles. The lowest BCUT2D eigenvalue weighted by atomic mass is 10.1. The Bertz CT molecular complexity index is 1810. The van der Waals surface area contributed by atoms with Gasteiger partial charge < -0.3 is 24.4 Å². The number of nitrogens with zero attached hydrogens (tertiary/aromatic N) is 6. The van der Waals surface area contributed by atoms with Gasteiger partial charge in [0.25, 0.3) is 5.91 Å². The van der Waals surface area contributed by atoms with E-state index in [0.717, 1.165) is 24.1 Å². The number of aromatic nitrogens is 3. The topological polar surface area (TPSA) is 142 Å². The molecule has 0 spiro atoms. The monoisotopic (exact) mass is 654 g/mol. The third-order valence-corrected chi connectivity index (χ3v) is 8.17. The van der Waals surface area contributed by atoms with E-state index in [9.17, 15) is 23.5 Å². The third-order valence-electron chi connectivity index (χ3n) is 7.86. The summed E-state index contributed by atoms with van der Waals surface area (Å²) < 4.78 is 42.5. The fourth-order valence-electron chi connectivity index (χ4n) is 5.36. The summed E-state index contributed by atoms with van der Waals surface area (Å²) in [4.78, 5) is 34.3. The fourth-order valence-corrected chi connectivity index (χ4v) is 5.62. The summed E-state index contributed by atoms with van der Waals surface area (Å²) >= 11 is 6.43. The maximum atomic E-state index is 15.0. The Kier molecular flexibility index (Phi) is 9.96. The molecule has 5 rings (SSSR count). The van der Waals surface area contributed by atoms with Gasteiger partial charge in [0.05, 0.1) is 62.4 Å². The van der Waals surface area contributed by atoms with Crippen molar-refractivity contribution in [3.63, 3.8) is 0 Å². The van der Waals surface area contributed by atoms with Gasteiger partial charge in [-0.1, -0.05) is 11.6 Å². The number of imide groups is 1. The number of ether oxygens (including phenoxy) is 2. The van der Waals surface area contributed by atoms with Crippen LogP contribution in [0.1, 0.15) is 23.2 Å². The molecule has 2 aromatic heterocycles. The van der Waals surface area contributed by atoms with Crippen LogP contribution in [0.25, 0.3) is 16.9 Å². The van der Waals surface area contributed by atoms with Crippen LogP contribution in [0.2, 0.25) is 5.02 Å². The molecule has 1 fully saturated rings. The Labute approximate surface area is 267 Å². The van der Waals surface area contributed by atoms with Gasteiger partial charge in [-0.25, -0.2) is 24.1 Å². The van der Waals surface area contributed by atoms with E-state index in [1.54, 1.807) is 6.07 Å². The molecular formula is C31H31ClF2N7O5+. The zero-order valence-electron chi connectivity index (χ0n) is 24.9. The number of amides is 2. The van der Waals surface area contributed by atoms with Crippen molar-refractivity contribution in [3.05, 3.63) is 71.1 Å². The summed E-state index contributed by atoms with van der Waals surface area (Å²) in [5.41, 5.74) is 0.807. The number of rotatable bonds is 12. The molecule has 2 aromatic carbocycles. The van der Waals surface area contributed by atoms with Gasteiger partial charge in [-0.3, -0.25) is 9.20 Å². The van der Waals surface area contributed by atoms with Gasteiger partial charge in [-0.15, -0.1) is 0 Å². The molecule has 1 aliphatic rings. The van der Waals surface area contributed by atoms with Crippen LogP contribution in [0.3, 0.4) is 0 Å². The quantitative estimate of drug-likeness (QED) is 0.153. The number of likely N-dealkylation sites (N-methyl/N-ethyl adjacent to an activating group) is 1. The van der Waals surface area contributed by atoms with Crippen molar-refractivity contribution in [3.8, 4) is 23.1 Å². The number of carbonyl (C=O) groups is 2. The second kappa shape index (κ2) is 14.1. The molecule has 0 aliphatic carbocycles. The molecule has 2 amide bonds. The molecular weight excluding hydrogens is 624 g/mol. The number of likely N-dealkylation sites (tertiary alicyclic amines) is 1. The number of hydrogen-bond acceptors (Lipinski definition) is 8. The van der Waals surface area contributed by atoms with Crippen molar-refractivity contribution in [2.75, 3.05) is 58.4 Å². The highest BCUT2D eigenvalue weighted by Crippen LogP contribution is 2.32. The third kappa shape index (κ3) is 7.02. The summed E-state index contributed by atoms with van der Waals surface area (Å²) in [6, 6.07) is 8.61. The normalized spacial score (nSPS) is 13.8. The zero-order chi connectivity index (χ0) is 32.8. The lowest BCUT2D eigenvalue weighted by Crippen LogP contribution is -2.44. The number of fused-ring (bicyclic) bond motifs is 1. The summed E-state index contributed by atoms with van der Waals surface area (Å²) in [7, 11) is 2.17. The van der Waals surface area contributed by atoms with Crippen LogP contribution in [0, 0.1) is 23.0 Å². The number of imidazole rings is 1. The van der Waals surface area contributed by atoms with E-state index in [0.29, 0.717) is 17.2 Å². The van der Waals surface area contributed by atoms with E-state index in [1.807, 2.05) is 0 Å². The summed E-state index contributed by atoms with van der Waals surface area (Å²) in [6.45, 7) is 2.96. The van der Waals surface area contributed by atoms with Crippen molar-refractivity contribution in [1.82, 2.24) is 19.3 Å². The summed E-state index contributed by atoms with van der Waals surface area (Å²) in [5.74, 6) is -3.34. The van der Waals surface area contributed by atoms with Crippen molar-refractivity contribution in [2.24, 2.45) is 0 Å². The lowest BCUT2D eigenvalue weighted by molar-refractivity contribution is -0.898. The minimum absolute atomic E-state index is 0.000798. The number of carboxylic acid groups (broad SMARTS) is 1. The van der Waals surface area contributed by atoms with Crippen LogP contribution in [0.5, 0.6) is 5.75 Å². The van der Waals surface area contributed by atoms with Crippen LogP contribution >= 0.6 is 11.6 Å². The second-order valence-corrected chi connectivity index (χ2v) is 11.4. The highest BCUT2D eigenvalue weighted by molar-refractivity contribution is 6.34. The van der Waals surface area contributed by atoms with Gasteiger partial charge in [0, 0.05) is 36.5 Å². The van der Waals surface area contributed by atoms with Crippen LogP contribution in [-0.2, 0) is 4.74 Å². The lowest BCUT2D eigenvalue weighted by Gasteiger charge is -2.29. The summed E-state index contributed by atoms with van der Waals surface area (Å²) in [5, 5.41) is 21.4. The summed E-state index contributed by atoms with van der Waals surface area (Å²) in [6.07, 6.45) is 5.25. The highest BCUT2D eigenvalue weighted by Gasteiger charge is 2.27. The van der Waals surface area contributed by atoms with Gasteiger partial charge in [-0.05, 0) is 30.3 Å². The van der Waals surface area contributed by atoms with Crippen molar-refractivity contribution < 1.29 is 37.4 Å². The van der Waals surface area contributed by atoms with Crippen LogP contribution in [-0.4, -0.2) is 93.9 Å². The molecule has 46 heavy (non-hydrogen) atoms. The molecule has 2 N–H and O–H groups in total. The first kappa shape index (κ1) is 32.6. The molecule has 0 saturated carbocycles. The Morgan fingerprint density at radius 1 is 1.17 bits per heavy atom. The van der Waals surface area contributed by atoms with E-state index < -0.39 is 30.2 Å². The number of halogens is 3. The first-order chi connectivity index (χ1) is 22.1. The number of benzene rings is 2. The predicted octanol–water partition coefficient (Wildman–Crippen LogP) is 5.35. The molecule has 0 unspecified atom stereocenters. The minimum Gasteiger partial charge on any atom is -0.476 e. The Morgan fingerprint density at radius 3 is 2.67 bits per heavy atom.